The number of carboxylic acids is 1. The number of carbonyl (C=O) groups excluding carboxylic acids is 2. The van der Waals surface area contributed by atoms with Crippen molar-refractivity contribution >= 4 is 29.8 Å². The Hall–Kier alpha value is -2.60. The number of amides is 1. The van der Waals surface area contributed by atoms with Gasteiger partial charge in [0.25, 0.3) is 5.91 Å². The van der Waals surface area contributed by atoms with Gasteiger partial charge in [0, 0.05) is 27.5 Å². The fourth-order valence-electron chi connectivity index (χ4n) is 2.37. The first kappa shape index (κ1) is 16.8. The number of aliphatic carboxylic acids is 1. The van der Waals surface area contributed by atoms with Crippen molar-refractivity contribution in [2.75, 3.05) is 11.6 Å². The van der Waals surface area contributed by atoms with Gasteiger partial charge in [-0.15, -0.1) is 0 Å². The maximum absolute atomic E-state index is 12.7. The van der Waals surface area contributed by atoms with Crippen molar-refractivity contribution in [3.8, 4) is 0 Å². The molecule has 0 saturated carbocycles. The highest BCUT2D eigenvalue weighted by Gasteiger charge is 2.24. The molecule has 1 heterocycles. The highest BCUT2D eigenvalue weighted by molar-refractivity contribution is 6.30. The molecule has 0 atom stereocenters. The standard InChI is InChI=1S/C16H15ClN2O4/c1-10-7-13(9-20)11(2)19(10)18(8-15(21)22)16(23)12-3-5-14(17)6-4-12/h3-7,9H,8H2,1-2H3,(H,21,22). The van der Waals surface area contributed by atoms with Crippen LogP contribution in [0.15, 0.2) is 30.3 Å². The van der Waals surface area contributed by atoms with Crippen molar-refractivity contribution in [1.29, 1.82) is 0 Å². The van der Waals surface area contributed by atoms with Crippen LogP contribution in [0.4, 0.5) is 0 Å². The highest BCUT2D eigenvalue weighted by atomic mass is 35.5. The highest BCUT2D eigenvalue weighted by Crippen LogP contribution is 2.17. The number of aldehydes is 1. The minimum absolute atomic E-state index is 0.302. The Labute approximate surface area is 137 Å². The number of carbonyl (C=O) groups is 3. The predicted molar refractivity (Wildman–Crippen MR) is 85.8 cm³/mol. The van der Waals surface area contributed by atoms with E-state index in [1.807, 2.05) is 0 Å². The van der Waals surface area contributed by atoms with Gasteiger partial charge in [-0.3, -0.25) is 19.1 Å². The van der Waals surface area contributed by atoms with Gasteiger partial charge in [-0.25, -0.2) is 5.01 Å². The third-order valence-corrected chi connectivity index (χ3v) is 3.66. The molecule has 1 aromatic heterocycles. The third kappa shape index (κ3) is 3.43. The second kappa shape index (κ2) is 6.66. The number of hydrogen-bond donors (Lipinski definition) is 1. The number of aromatic nitrogens is 1. The van der Waals surface area contributed by atoms with Crippen LogP contribution < -0.4 is 5.01 Å². The van der Waals surface area contributed by atoms with Gasteiger partial charge in [-0.1, -0.05) is 11.6 Å². The Bertz CT molecular complexity index is 765. The second-order valence-electron chi connectivity index (χ2n) is 5.02. The minimum Gasteiger partial charge on any atom is -0.480 e. The molecule has 0 unspecified atom stereocenters. The normalized spacial score (nSPS) is 10.4. The van der Waals surface area contributed by atoms with Crippen molar-refractivity contribution in [2.24, 2.45) is 0 Å². The molecule has 0 radical (unpaired) electrons. The molecular formula is C16H15ClN2O4. The zero-order chi connectivity index (χ0) is 17.1. The van der Waals surface area contributed by atoms with E-state index >= 15 is 0 Å². The maximum atomic E-state index is 12.7. The summed E-state index contributed by atoms with van der Waals surface area (Å²) in [7, 11) is 0. The summed E-state index contributed by atoms with van der Waals surface area (Å²) in [4.78, 5) is 34.9. The van der Waals surface area contributed by atoms with Crippen LogP contribution in [-0.4, -0.2) is 34.5 Å². The van der Waals surface area contributed by atoms with Crippen LogP contribution in [0.2, 0.25) is 5.02 Å². The molecule has 0 aliphatic heterocycles. The van der Waals surface area contributed by atoms with Crippen LogP contribution in [0, 0.1) is 13.8 Å². The van der Waals surface area contributed by atoms with Gasteiger partial charge in [-0.05, 0) is 44.2 Å². The fraction of sp³-hybridized carbons (Fsp3) is 0.188. The van der Waals surface area contributed by atoms with Crippen LogP contribution in [0.25, 0.3) is 0 Å². The summed E-state index contributed by atoms with van der Waals surface area (Å²) in [5, 5.41) is 10.7. The molecule has 7 heteroatoms. The molecule has 0 spiro atoms. The van der Waals surface area contributed by atoms with Gasteiger partial charge < -0.3 is 5.11 Å². The molecule has 1 amide bonds. The minimum atomic E-state index is -1.16. The molecule has 0 aliphatic carbocycles. The van der Waals surface area contributed by atoms with E-state index in [0.717, 1.165) is 5.01 Å². The van der Waals surface area contributed by atoms with Crippen molar-refractivity contribution in [3.05, 3.63) is 57.9 Å². The van der Waals surface area contributed by atoms with Crippen LogP contribution in [-0.2, 0) is 4.79 Å². The summed E-state index contributed by atoms with van der Waals surface area (Å²) >= 11 is 5.81. The van der Waals surface area contributed by atoms with Crippen LogP contribution in [0.3, 0.4) is 0 Å². The van der Waals surface area contributed by atoms with Crippen LogP contribution in [0.1, 0.15) is 32.1 Å². The monoisotopic (exact) mass is 334 g/mol. The number of hydrogen-bond acceptors (Lipinski definition) is 3. The van der Waals surface area contributed by atoms with E-state index in [2.05, 4.69) is 0 Å². The summed E-state index contributed by atoms with van der Waals surface area (Å²) in [6.07, 6.45) is 0.671. The number of aryl methyl sites for hydroxylation is 1. The molecule has 0 fully saturated rings. The second-order valence-corrected chi connectivity index (χ2v) is 5.46. The van der Waals surface area contributed by atoms with Gasteiger partial charge >= 0.3 is 5.97 Å². The fourth-order valence-corrected chi connectivity index (χ4v) is 2.50. The van der Waals surface area contributed by atoms with Crippen LogP contribution >= 0.6 is 11.6 Å². The average molecular weight is 335 g/mol. The first-order valence-corrected chi connectivity index (χ1v) is 7.16. The van der Waals surface area contributed by atoms with E-state index in [0.29, 0.717) is 33.8 Å². The SMILES string of the molecule is Cc1cc(C=O)c(C)n1N(CC(=O)O)C(=O)c1ccc(Cl)cc1. The lowest BCUT2D eigenvalue weighted by Crippen LogP contribution is -2.45. The molecule has 2 aromatic rings. The Balaban J connectivity index is 2.51. The molecular weight excluding hydrogens is 320 g/mol. The lowest BCUT2D eigenvalue weighted by atomic mass is 10.2. The first-order valence-electron chi connectivity index (χ1n) is 6.78. The zero-order valence-electron chi connectivity index (χ0n) is 12.6. The molecule has 0 aliphatic rings. The molecule has 0 saturated heterocycles. The summed E-state index contributed by atoms with van der Waals surface area (Å²) in [6, 6.07) is 7.76. The summed E-state index contributed by atoms with van der Waals surface area (Å²) < 4.78 is 1.44. The Kier molecular flexibility index (Phi) is 4.86. The average Bonchev–Trinajstić information content (AvgIpc) is 2.79. The molecule has 0 bridgehead atoms. The molecule has 1 N–H and O–H groups in total. The topological polar surface area (TPSA) is 79.6 Å². The Morgan fingerprint density at radius 1 is 1.26 bits per heavy atom. The molecule has 120 valence electrons. The number of benzene rings is 1. The lowest BCUT2D eigenvalue weighted by Gasteiger charge is -2.25. The first-order chi connectivity index (χ1) is 10.8. The van der Waals surface area contributed by atoms with Gasteiger partial charge in [0.05, 0.1) is 0 Å². The number of halogens is 1. The van der Waals surface area contributed by atoms with E-state index in [9.17, 15) is 14.4 Å². The summed E-state index contributed by atoms with van der Waals surface area (Å²) in [5.41, 5.74) is 1.80. The smallest absolute Gasteiger partial charge is 0.325 e. The van der Waals surface area contributed by atoms with Crippen molar-refractivity contribution in [3.63, 3.8) is 0 Å². The predicted octanol–water partition coefficient (Wildman–Crippen LogP) is 2.43. The number of rotatable bonds is 5. The van der Waals surface area contributed by atoms with E-state index in [1.54, 1.807) is 32.0 Å². The van der Waals surface area contributed by atoms with Gasteiger partial charge in [-0.2, -0.15) is 0 Å². The van der Waals surface area contributed by atoms with E-state index < -0.39 is 18.4 Å². The Morgan fingerprint density at radius 3 is 2.35 bits per heavy atom. The quantitative estimate of drug-likeness (QED) is 0.852. The van der Waals surface area contributed by atoms with Crippen molar-refractivity contribution < 1.29 is 19.5 Å². The lowest BCUT2D eigenvalue weighted by molar-refractivity contribution is -0.135. The van der Waals surface area contributed by atoms with E-state index in [4.69, 9.17) is 16.7 Å². The molecule has 6 nitrogen and oxygen atoms in total. The number of nitrogens with zero attached hydrogens (tertiary/aromatic N) is 2. The van der Waals surface area contributed by atoms with Gasteiger partial charge in [0.15, 0.2) is 6.29 Å². The van der Waals surface area contributed by atoms with Gasteiger partial charge in [0.1, 0.15) is 6.54 Å². The van der Waals surface area contributed by atoms with Gasteiger partial charge in [0.2, 0.25) is 0 Å². The third-order valence-electron chi connectivity index (χ3n) is 3.41. The number of carboxylic acid groups (broad SMARTS) is 1. The van der Waals surface area contributed by atoms with Crippen molar-refractivity contribution in [2.45, 2.75) is 13.8 Å². The largest absolute Gasteiger partial charge is 0.480 e. The zero-order valence-corrected chi connectivity index (χ0v) is 13.4. The molecule has 2 rings (SSSR count). The maximum Gasteiger partial charge on any atom is 0.325 e. The van der Waals surface area contributed by atoms with E-state index in [-0.39, 0.29) is 0 Å². The summed E-state index contributed by atoms with van der Waals surface area (Å²) in [5.74, 6) is -1.66. The van der Waals surface area contributed by atoms with Crippen molar-refractivity contribution in [1.82, 2.24) is 4.68 Å². The Morgan fingerprint density at radius 2 is 1.87 bits per heavy atom. The molecule has 23 heavy (non-hydrogen) atoms. The van der Waals surface area contributed by atoms with E-state index in [1.165, 1.54) is 16.8 Å². The van der Waals surface area contributed by atoms with Crippen LogP contribution in [0.5, 0.6) is 0 Å². The molecule has 1 aromatic carbocycles. The summed E-state index contributed by atoms with van der Waals surface area (Å²) in [6.45, 7) is 2.82.